The van der Waals surface area contributed by atoms with Gasteiger partial charge in [-0.1, -0.05) is 6.07 Å². The van der Waals surface area contributed by atoms with Gasteiger partial charge >= 0.3 is 6.03 Å². The second-order valence-corrected chi connectivity index (χ2v) is 7.77. The van der Waals surface area contributed by atoms with Crippen molar-refractivity contribution in [1.29, 1.82) is 0 Å². The van der Waals surface area contributed by atoms with Crippen LogP contribution in [0.4, 0.5) is 10.5 Å². The first-order valence-corrected chi connectivity index (χ1v) is 10.7. The monoisotopic (exact) mass is 450 g/mol. The predicted octanol–water partition coefficient (Wildman–Crippen LogP) is 2.34. The van der Waals surface area contributed by atoms with Crippen molar-refractivity contribution in [3.05, 3.63) is 54.1 Å². The van der Waals surface area contributed by atoms with Crippen LogP contribution in [0.5, 0.6) is 0 Å². The Morgan fingerprint density at radius 1 is 1.22 bits per heavy atom. The summed E-state index contributed by atoms with van der Waals surface area (Å²) in [5, 5.41) is 16.2. The standard InChI is InChI=1S/C20H18N8O3S/c29-18(16-12-32-19(25-16)13-9-22-23-10-13)24-15-11-28(20(30)27-5-7-31-8-6-27)26-17(15)14-3-1-2-4-21-14/h1-4,9-12H,5-8H2,(H,22,23)(H,24,29). The number of anilines is 1. The fraction of sp³-hybridized carbons (Fsp3) is 0.200. The fourth-order valence-corrected chi connectivity index (χ4v) is 4.00. The van der Waals surface area contributed by atoms with Gasteiger partial charge in [-0.05, 0) is 12.1 Å². The van der Waals surface area contributed by atoms with Crippen LogP contribution in [0, 0.1) is 0 Å². The molecule has 4 aromatic rings. The summed E-state index contributed by atoms with van der Waals surface area (Å²) in [5.74, 6) is -0.411. The third-order valence-corrected chi connectivity index (χ3v) is 5.72. The first-order valence-electron chi connectivity index (χ1n) is 9.83. The largest absolute Gasteiger partial charge is 0.378 e. The Morgan fingerprint density at radius 3 is 2.84 bits per heavy atom. The number of thiazole rings is 1. The quantitative estimate of drug-likeness (QED) is 0.488. The van der Waals surface area contributed by atoms with E-state index in [9.17, 15) is 9.59 Å². The van der Waals surface area contributed by atoms with E-state index in [1.807, 2.05) is 6.07 Å². The summed E-state index contributed by atoms with van der Waals surface area (Å²) in [6.45, 7) is 1.92. The second kappa shape index (κ2) is 8.69. The lowest BCUT2D eigenvalue weighted by molar-refractivity contribution is 0.0529. The van der Waals surface area contributed by atoms with E-state index in [4.69, 9.17) is 4.74 Å². The normalized spacial score (nSPS) is 13.8. The maximum absolute atomic E-state index is 12.9. The smallest absolute Gasteiger partial charge is 0.344 e. The van der Waals surface area contributed by atoms with E-state index in [0.29, 0.717) is 48.4 Å². The number of aromatic nitrogens is 6. The molecular weight excluding hydrogens is 432 g/mol. The van der Waals surface area contributed by atoms with Crippen molar-refractivity contribution in [3.63, 3.8) is 0 Å². The zero-order chi connectivity index (χ0) is 21.9. The van der Waals surface area contributed by atoms with Crippen molar-refractivity contribution < 1.29 is 14.3 Å². The molecule has 0 spiro atoms. The topological polar surface area (TPSA) is 131 Å². The highest BCUT2D eigenvalue weighted by Gasteiger charge is 2.24. The second-order valence-electron chi connectivity index (χ2n) is 6.91. The minimum Gasteiger partial charge on any atom is -0.378 e. The lowest BCUT2D eigenvalue weighted by Crippen LogP contribution is -2.43. The molecule has 0 aliphatic carbocycles. The summed E-state index contributed by atoms with van der Waals surface area (Å²) in [6, 6.07) is 5.07. The molecule has 1 aliphatic rings. The maximum atomic E-state index is 12.9. The van der Waals surface area contributed by atoms with Crippen LogP contribution in [0.15, 0.2) is 48.4 Å². The molecule has 2 amide bonds. The first-order chi connectivity index (χ1) is 15.7. The SMILES string of the molecule is O=C(Nc1cn(C(=O)N2CCOCC2)nc1-c1ccccn1)c1csc(-c2cn[nH]c2)n1. The molecule has 0 bridgehead atoms. The van der Waals surface area contributed by atoms with Crippen LogP contribution >= 0.6 is 11.3 Å². The number of nitrogens with one attached hydrogen (secondary N) is 2. The molecule has 1 saturated heterocycles. The lowest BCUT2D eigenvalue weighted by Gasteiger charge is -2.26. The van der Waals surface area contributed by atoms with Crippen LogP contribution in [0.1, 0.15) is 10.5 Å². The average Bonchev–Trinajstić information content (AvgIpc) is 3.60. The Hall–Kier alpha value is -3.90. The number of carbonyl (C=O) groups is 2. The van der Waals surface area contributed by atoms with Gasteiger partial charge < -0.3 is 15.0 Å². The van der Waals surface area contributed by atoms with E-state index in [1.54, 1.807) is 41.0 Å². The number of hydrogen-bond donors (Lipinski definition) is 2. The molecule has 32 heavy (non-hydrogen) atoms. The summed E-state index contributed by atoms with van der Waals surface area (Å²) in [4.78, 5) is 36.2. The molecular formula is C20H18N8O3S. The fourth-order valence-electron chi connectivity index (χ4n) is 3.22. The Labute approximate surface area is 186 Å². The van der Waals surface area contributed by atoms with Crippen LogP contribution in [0.3, 0.4) is 0 Å². The van der Waals surface area contributed by atoms with E-state index in [-0.39, 0.29) is 11.7 Å². The molecule has 12 heteroatoms. The molecule has 5 heterocycles. The number of aromatic amines is 1. The van der Waals surface area contributed by atoms with Gasteiger partial charge in [0.25, 0.3) is 5.91 Å². The molecule has 2 N–H and O–H groups in total. The third-order valence-electron chi connectivity index (χ3n) is 4.83. The molecule has 1 fully saturated rings. The number of morpholine rings is 1. The van der Waals surface area contributed by atoms with Crippen molar-refractivity contribution in [2.45, 2.75) is 0 Å². The average molecular weight is 450 g/mol. The molecule has 162 valence electrons. The molecule has 11 nitrogen and oxygen atoms in total. The number of carbonyl (C=O) groups excluding carboxylic acids is 2. The highest BCUT2D eigenvalue weighted by Crippen LogP contribution is 2.27. The molecule has 0 saturated carbocycles. The van der Waals surface area contributed by atoms with Gasteiger partial charge in [0.2, 0.25) is 0 Å². The van der Waals surface area contributed by atoms with E-state index in [0.717, 1.165) is 5.56 Å². The van der Waals surface area contributed by atoms with E-state index < -0.39 is 5.91 Å². The Morgan fingerprint density at radius 2 is 2.09 bits per heavy atom. The Balaban J connectivity index is 1.43. The number of amides is 2. The zero-order valence-electron chi connectivity index (χ0n) is 16.8. The Bertz CT molecular complexity index is 1230. The molecule has 5 rings (SSSR count). The van der Waals surface area contributed by atoms with Crippen LogP contribution in [-0.4, -0.2) is 73.1 Å². The number of H-pyrrole nitrogens is 1. The summed E-state index contributed by atoms with van der Waals surface area (Å²) in [6.07, 6.45) is 6.48. The highest BCUT2D eigenvalue weighted by atomic mass is 32.1. The summed E-state index contributed by atoms with van der Waals surface area (Å²) in [5.41, 5.74) is 2.35. The van der Waals surface area contributed by atoms with Crippen LogP contribution in [0.2, 0.25) is 0 Å². The molecule has 4 aromatic heterocycles. The van der Waals surface area contributed by atoms with Gasteiger partial charge in [-0.15, -0.1) is 11.3 Å². The van der Waals surface area contributed by atoms with Crippen molar-refractivity contribution in [2.75, 3.05) is 31.6 Å². The third kappa shape index (κ3) is 4.00. The van der Waals surface area contributed by atoms with Gasteiger partial charge in [0.05, 0.1) is 37.0 Å². The van der Waals surface area contributed by atoms with E-state index in [2.05, 4.69) is 30.6 Å². The zero-order valence-corrected chi connectivity index (χ0v) is 17.6. The van der Waals surface area contributed by atoms with Crippen molar-refractivity contribution in [3.8, 4) is 22.0 Å². The molecule has 1 aliphatic heterocycles. The minimum absolute atomic E-state index is 0.255. The number of hydrogen-bond acceptors (Lipinski definition) is 8. The first kappa shape index (κ1) is 20.0. The van der Waals surface area contributed by atoms with Crippen LogP contribution in [0.25, 0.3) is 22.0 Å². The lowest BCUT2D eigenvalue weighted by atomic mass is 10.2. The van der Waals surface area contributed by atoms with Gasteiger partial charge in [-0.3, -0.25) is 14.9 Å². The van der Waals surface area contributed by atoms with Gasteiger partial charge in [0, 0.05) is 36.4 Å². The van der Waals surface area contributed by atoms with Gasteiger partial charge in [-0.2, -0.15) is 14.9 Å². The molecule has 0 radical (unpaired) electrons. The van der Waals surface area contributed by atoms with Gasteiger partial charge in [-0.25, -0.2) is 9.78 Å². The van der Waals surface area contributed by atoms with Crippen LogP contribution < -0.4 is 5.32 Å². The summed E-state index contributed by atoms with van der Waals surface area (Å²) < 4.78 is 6.54. The molecule has 0 aromatic carbocycles. The Kier molecular flexibility index (Phi) is 5.44. The number of nitrogens with zero attached hydrogens (tertiary/aromatic N) is 6. The van der Waals surface area contributed by atoms with Gasteiger partial charge in [0.1, 0.15) is 16.4 Å². The highest BCUT2D eigenvalue weighted by molar-refractivity contribution is 7.13. The van der Waals surface area contributed by atoms with Crippen molar-refractivity contribution in [1.82, 2.24) is 34.8 Å². The number of pyridine rings is 1. The maximum Gasteiger partial charge on any atom is 0.344 e. The summed E-state index contributed by atoms with van der Waals surface area (Å²) >= 11 is 1.34. The summed E-state index contributed by atoms with van der Waals surface area (Å²) in [7, 11) is 0. The molecule has 0 atom stereocenters. The van der Waals surface area contributed by atoms with Crippen molar-refractivity contribution in [2.24, 2.45) is 0 Å². The number of ether oxygens (including phenoxy) is 1. The van der Waals surface area contributed by atoms with Crippen molar-refractivity contribution >= 4 is 29.0 Å². The minimum atomic E-state index is -0.411. The van der Waals surface area contributed by atoms with Gasteiger partial charge in [0.15, 0.2) is 0 Å². The van der Waals surface area contributed by atoms with E-state index >= 15 is 0 Å². The van der Waals surface area contributed by atoms with Crippen LogP contribution in [-0.2, 0) is 4.74 Å². The molecule has 0 unspecified atom stereocenters. The number of rotatable bonds is 4. The predicted molar refractivity (Wildman–Crippen MR) is 116 cm³/mol. The van der Waals surface area contributed by atoms with E-state index in [1.165, 1.54) is 22.2 Å².